The summed E-state index contributed by atoms with van der Waals surface area (Å²) in [6, 6.07) is 10.3. The van der Waals surface area contributed by atoms with Crippen molar-refractivity contribution in [2.24, 2.45) is 0 Å². The van der Waals surface area contributed by atoms with Gasteiger partial charge in [0.1, 0.15) is 5.82 Å². The van der Waals surface area contributed by atoms with Crippen LogP contribution in [0.4, 0.5) is 4.39 Å². The van der Waals surface area contributed by atoms with Crippen LogP contribution in [-0.4, -0.2) is 5.78 Å². The van der Waals surface area contributed by atoms with Crippen LogP contribution in [0.15, 0.2) is 41.8 Å². The lowest BCUT2D eigenvalue weighted by Gasteiger charge is -2.16. The first-order valence-electron chi connectivity index (χ1n) is 11.6. The molecule has 3 heteroatoms. The van der Waals surface area contributed by atoms with E-state index >= 15 is 0 Å². The maximum atomic E-state index is 13.3. The van der Waals surface area contributed by atoms with Gasteiger partial charge < -0.3 is 0 Å². The minimum atomic E-state index is -0.249. The maximum absolute atomic E-state index is 13.3. The number of carbonyl (C=O) groups is 1. The lowest BCUT2D eigenvalue weighted by molar-refractivity contribution is 0.0957. The molecular formula is C26H37FOS. The molecule has 2 aromatic rings. The van der Waals surface area contributed by atoms with Crippen molar-refractivity contribution >= 4 is 17.1 Å². The van der Waals surface area contributed by atoms with Crippen LogP contribution in [0.1, 0.15) is 112 Å². The highest BCUT2D eigenvalue weighted by Gasteiger charge is 2.22. The van der Waals surface area contributed by atoms with Gasteiger partial charge in [-0.3, -0.25) is 4.79 Å². The Morgan fingerprint density at radius 1 is 0.828 bits per heavy atom. The lowest BCUT2D eigenvalue weighted by Crippen LogP contribution is -2.12. The molecule has 0 aliphatic carbocycles. The molecule has 0 bridgehead atoms. The van der Waals surface area contributed by atoms with Crippen molar-refractivity contribution in [1.82, 2.24) is 0 Å². The highest BCUT2D eigenvalue weighted by molar-refractivity contribution is 7.12. The van der Waals surface area contributed by atoms with Crippen LogP contribution in [0.2, 0.25) is 0 Å². The molecule has 0 fully saturated rings. The topological polar surface area (TPSA) is 17.1 Å². The molecule has 0 aliphatic heterocycles. The minimum absolute atomic E-state index is 0.155. The summed E-state index contributed by atoms with van der Waals surface area (Å²) in [4.78, 5) is 13.7. The Kier molecular flexibility index (Phi) is 11.9. The molecular weight excluding hydrogens is 379 g/mol. The normalized spacial score (nSPS) is 12.2. The van der Waals surface area contributed by atoms with E-state index in [1.165, 1.54) is 94.1 Å². The third-order valence-electron chi connectivity index (χ3n) is 5.70. The van der Waals surface area contributed by atoms with Crippen LogP contribution in [0, 0.1) is 5.82 Å². The second kappa shape index (κ2) is 14.5. The van der Waals surface area contributed by atoms with Gasteiger partial charge in [0, 0.05) is 5.92 Å². The van der Waals surface area contributed by atoms with E-state index in [0.29, 0.717) is 0 Å². The summed E-state index contributed by atoms with van der Waals surface area (Å²) in [6.07, 6.45) is 16.6. The van der Waals surface area contributed by atoms with Crippen LogP contribution in [0.5, 0.6) is 0 Å². The number of Topliss-reactive ketones (excluding diaryl/α,β-unsaturated/α-hetero) is 1. The Bertz CT molecular complexity index is 663. The van der Waals surface area contributed by atoms with Crippen LogP contribution in [0.3, 0.4) is 0 Å². The first-order chi connectivity index (χ1) is 14.2. The SMILES string of the molecule is CCCCCCCCCCCCCCC(C(=O)c1cccs1)c1ccc(F)cc1. The Hall–Kier alpha value is -1.48. The molecule has 160 valence electrons. The van der Waals surface area contributed by atoms with Crippen LogP contribution in [-0.2, 0) is 0 Å². The van der Waals surface area contributed by atoms with Gasteiger partial charge in [-0.05, 0) is 35.6 Å². The number of rotatable bonds is 16. The predicted octanol–water partition coefficient (Wildman–Crippen LogP) is 8.94. The van der Waals surface area contributed by atoms with E-state index in [1.54, 1.807) is 12.1 Å². The summed E-state index contributed by atoms with van der Waals surface area (Å²) in [6.45, 7) is 2.26. The maximum Gasteiger partial charge on any atom is 0.180 e. The molecule has 1 nitrogen and oxygen atoms in total. The number of unbranched alkanes of at least 4 members (excludes halogenated alkanes) is 11. The monoisotopic (exact) mass is 416 g/mol. The second-order valence-electron chi connectivity index (χ2n) is 8.12. The summed E-state index contributed by atoms with van der Waals surface area (Å²) in [5, 5.41) is 1.94. The van der Waals surface area contributed by atoms with Gasteiger partial charge in [0.15, 0.2) is 5.78 Å². The largest absolute Gasteiger partial charge is 0.293 e. The summed E-state index contributed by atoms with van der Waals surface area (Å²) in [5.74, 6) is -0.228. The fourth-order valence-corrected chi connectivity index (χ4v) is 4.64. The average molecular weight is 417 g/mol. The van der Waals surface area contributed by atoms with Crippen LogP contribution in [0.25, 0.3) is 0 Å². The van der Waals surface area contributed by atoms with Crippen molar-refractivity contribution < 1.29 is 9.18 Å². The first-order valence-corrected chi connectivity index (χ1v) is 12.4. The van der Waals surface area contributed by atoms with Crippen molar-refractivity contribution in [3.63, 3.8) is 0 Å². The third kappa shape index (κ3) is 9.25. The molecule has 2 rings (SSSR count). The van der Waals surface area contributed by atoms with Gasteiger partial charge in [-0.2, -0.15) is 0 Å². The Labute approximate surface area is 180 Å². The van der Waals surface area contributed by atoms with E-state index in [4.69, 9.17) is 0 Å². The molecule has 1 heterocycles. The number of thiophene rings is 1. The first kappa shape index (κ1) is 23.8. The molecule has 1 aromatic heterocycles. The molecule has 0 amide bonds. The van der Waals surface area contributed by atoms with E-state index in [9.17, 15) is 9.18 Å². The molecule has 0 N–H and O–H groups in total. The molecule has 0 aliphatic rings. The van der Waals surface area contributed by atoms with Crippen LogP contribution >= 0.6 is 11.3 Å². The van der Waals surface area contributed by atoms with Gasteiger partial charge in [-0.25, -0.2) is 4.39 Å². The number of carbonyl (C=O) groups excluding carboxylic acids is 1. The number of halogens is 1. The van der Waals surface area contributed by atoms with Gasteiger partial charge in [0.25, 0.3) is 0 Å². The van der Waals surface area contributed by atoms with Crippen molar-refractivity contribution in [3.8, 4) is 0 Å². The Morgan fingerprint density at radius 3 is 1.90 bits per heavy atom. The quantitative estimate of drug-likeness (QED) is 0.197. The van der Waals surface area contributed by atoms with Gasteiger partial charge in [-0.1, -0.05) is 102 Å². The number of hydrogen-bond acceptors (Lipinski definition) is 2. The molecule has 0 saturated carbocycles. The fraction of sp³-hybridized carbons (Fsp3) is 0.577. The Balaban J connectivity index is 1.67. The Morgan fingerprint density at radius 2 is 1.38 bits per heavy atom. The summed E-state index contributed by atoms with van der Waals surface area (Å²) < 4.78 is 13.3. The average Bonchev–Trinajstić information content (AvgIpc) is 3.27. The van der Waals surface area contributed by atoms with Gasteiger partial charge in [0.2, 0.25) is 0 Å². The smallest absolute Gasteiger partial charge is 0.180 e. The molecule has 1 aromatic carbocycles. The van der Waals surface area contributed by atoms with Gasteiger partial charge >= 0.3 is 0 Å². The third-order valence-corrected chi connectivity index (χ3v) is 6.58. The molecule has 0 radical (unpaired) electrons. The van der Waals surface area contributed by atoms with Crippen molar-refractivity contribution in [3.05, 3.63) is 58.0 Å². The highest BCUT2D eigenvalue weighted by atomic mass is 32.1. The van der Waals surface area contributed by atoms with Gasteiger partial charge in [0.05, 0.1) is 4.88 Å². The minimum Gasteiger partial charge on any atom is -0.293 e. The zero-order valence-corrected chi connectivity index (χ0v) is 18.8. The van der Waals surface area contributed by atoms with Gasteiger partial charge in [-0.15, -0.1) is 11.3 Å². The zero-order valence-electron chi connectivity index (χ0n) is 18.0. The van der Waals surface area contributed by atoms with E-state index in [-0.39, 0.29) is 17.5 Å². The second-order valence-corrected chi connectivity index (χ2v) is 9.07. The number of benzene rings is 1. The van der Waals surface area contributed by atoms with Crippen LogP contribution < -0.4 is 0 Å². The van der Waals surface area contributed by atoms with E-state index in [0.717, 1.165) is 23.3 Å². The highest BCUT2D eigenvalue weighted by Crippen LogP contribution is 2.29. The molecule has 0 spiro atoms. The molecule has 1 unspecified atom stereocenters. The number of hydrogen-bond donors (Lipinski definition) is 0. The zero-order chi connectivity index (χ0) is 20.7. The predicted molar refractivity (Wildman–Crippen MR) is 123 cm³/mol. The molecule has 29 heavy (non-hydrogen) atoms. The molecule has 1 atom stereocenters. The van der Waals surface area contributed by atoms with E-state index in [1.807, 2.05) is 17.5 Å². The molecule has 0 saturated heterocycles. The van der Waals surface area contributed by atoms with Crippen molar-refractivity contribution in [2.45, 2.75) is 96.3 Å². The van der Waals surface area contributed by atoms with E-state index in [2.05, 4.69) is 6.92 Å². The van der Waals surface area contributed by atoms with Crippen molar-refractivity contribution in [2.75, 3.05) is 0 Å². The van der Waals surface area contributed by atoms with Crippen molar-refractivity contribution in [1.29, 1.82) is 0 Å². The lowest BCUT2D eigenvalue weighted by atomic mass is 9.88. The summed E-state index contributed by atoms with van der Waals surface area (Å²) >= 11 is 1.49. The summed E-state index contributed by atoms with van der Waals surface area (Å²) in [7, 11) is 0. The standard InChI is InChI=1S/C26H37FOS/c1-2-3-4-5-6-7-8-9-10-11-12-13-15-24(22-17-19-23(27)20-18-22)26(28)25-16-14-21-29-25/h14,16-21,24H,2-13,15H2,1H3. The number of ketones is 1. The summed E-state index contributed by atoms with van der Waals surface area (Å²) in [5.41, 5.74) is 0.938. The van der Waals surface area contributed by atoms with E-state index < -0.39 is 0 Å². The fourth-order valence-electron chi connectivity index (χ4n) is 3.92.